The zero-order chi connectivity index (χ0) is 20.0. The summed E-state index contributed by atoms with van der Waals surface area (Å²) in [5, 5.41) is 6.52. The Labute approximate surface area is 190 Å². The highest BCUT2D eigenvalue weighted by molar-refractivity contribution is 14.0. The Balaban J connectivity index is 0.00000420. The van der Waals surface area contributed by atoms with Gasteiger partial charge in [-0.25, -0.2) is 4.99 Å². The summed E-state index contributed by atoms with van der Waals surface area (Å²) in [6.45, 7) is 4.74. The maximum Gasteiger partial charge on any atom is 0.243 e. The molecule has 1 aliphatic rings. The largest absolute Gasteiger partial charge is 0.469 e. The van der Waals surface area contributed by atoms with E-state index in [2.05, 4.69) is 15.6 Å². The summed E-state index contributed by atoms with van der Waals surface area (Å²) in [7, 11) is 3.45. The van der Waals surface area contributed by atoms with Gasteiger partial charge in [0.2, 0.25) is 5.91 Å². The number of guanidine groups is 1. The van der Waals surface area contributed by atoms with Gasteiger partial charge in [0.1, 0.15) is 12.3 Å². The molecule has 0 aromatic carbocycles. The zero-order valence-corrected chi connectivity index (χ0v) is 19.9. The Morgan fingerprint density at radius 3 is 2.72 bits per heavy atom. The number of likely N-dealkylation sites (N-methyl/N-ethyl adjacent to an activating group) is 1. The maximum atomic E-state index is 11.8. The van der Waals surface area contributed by atoms with Gasteiger partial charge >= 0.3 is 0 Å². The van der Waals surface area contributed by atoms with E-state index in [4.69, 9.17) is 13.9 Å². The van der Waals surface area contributed by atoms with Gasteiger partial charge in [-0.2, -0.15) is 0 Å². The molecule has 8 nitrogen and oxygen atoms in total. The zero-order valence-electron chi connectivity index (χ0n) is 17.5. The van der Waals surface area contributed by atoms with Gasteiger partial charge in [0.15, 0.2) is 5.96 Å². The van der Waals surface area contributed by atoms with E-state index in [-0.39, 0.29) is 36.4 Å². The van der Waals surface area contributed by atoms with Crippen molar-refractivity contribution in [2.24, 2.45) is 10.9 Å². The summed E-state index contributed by atoms with van der Waals surface area (Å²) in [5.74, 6) is 2.13. The first-order chi connectivity index (χ1) is 13.6. The molecule has 0 spiro atoms. The van der Waals surface area contributed by atoms with E-state index in [0.29, 0.717) is 25.0 Å². The van der Waals surface area contributed by atoms with E-state index in [1.165, 1.54) is 4.90 Å². The van der Waals surface area contributed by atoms with E-state index in [0.717, 1.165) is 57.8 Å². The smallest absolute Gasteiger partial charge is 0.243 e. The van der Waals surface area contributed by atoms with E-state index in [1.807, 2.05) is 12.1 Å². The van der Waals surface area contributed by atoms with Crippen LogP contribution in [0.15, 0.2) is 27.8 Å². The first kappa shape index (κ1) is 25.7. The number of aliphatic imine (C=N–C) groups is 1. The van der Waals surface area contributed by atoms with Gasteiger partial charge in [-0.05, 0) is 37.3 Å². The van der Waals surface area contributed by atoms with Crippen molar-refractivity contribution in [3.05, 3.63) is 24.2 Å². The van der Waals surface area contributed by atoms with E-state index in [1.54, 1.807) is 20.4 Å². The summed E-state index contributed by atoms with van der Waals surface area (Å²) >= 11 is 0. The van der Waals surface area contributed by atoms with Crippen LogP contribution >= 0.6 is 24.0 Å². The van der Waals surface area contributed by atoms with Gasteiger partial charge in [-0.15, -0.1) is 24.0 Å². The topological polar surface area (TPSA) is 88.3 Å². The van der Waals surface area contributed by atoms with E-state index >= 15 is 0 Å². The van der Waals surface area contributed by atoms with Crippen molar-refractivity contribution in [3.8, 4) is 0 Å². The Hall–Kier alpha value is -1.33. The highest BCUT2D eigenvalue weighted by atomic mass is 127. The molecule has 2 heterocycles. The number of carbonyl (C=O) groups excluding carboxylic acids is 1. The van der Waals surface area contributed by atoms with Crippen molar-refractivity contribution >= 4 is 35.8 Å². The minimum atomic E-state index is -0.0353. The van der Waals surface area contributed by atoms with Crippen LogP contribution in [0.4, 0.5) is 0 Å². The molecule has 9 heteroatoms. The van der Waals surface area contributed by atoms with Gasteiger partial charge in [-0.1, -0.05) is 0 Å². The fourth-order valence-corrected chi connectivity index (χ4v) is 2.77. The summed E-state index contributed by atoms with van der Waals surface area (Å²) < 4.78 is 16.5. The number of nitrogens with zero attached hydrogens (tertiary/aromatic N) is 2. The monoisotopic (exact) mass is 522 g/mol. The minimum absolute atomic E-state index is 0. The number of halogens is 1. The molecule has 0 bridgehead atoms. The normalized spacial score (nSPS) is 14.9. The van der Waals surface area contributed by atoms with E-state index < -0.39 is 0 Å². The number of nitrogens with one attached hydrogen (secondary N) is 2. The number of ether oxygens (including phenoxy) is 2. The molecule has 1 saturated heterocycles. The second kappa shape index (κ2) is 15.5. The molecule has 0 saturated carbocycles. The van der Waals surface area contributed by atoms with Crippen LogP contribution in [0.25, 0.3) is 0 Å². The molecule has 2 rings (SSSR count). The number of amides is 1. The minimum Gasteiger partial charge on any atom is -0.469 e. The summed E-state index contributed by atoms with van der Waals surface area (Å²) in [5.41, 5.74) is 0. The Morgan fingerprint density at radius 2 is 2.03 bits per heavy atom. The first-order valence-corrected chi connectivity index (χ1v) is 10.1. The molecule has 2 N–H and O–H groups in total. The lowest BCUT2D eigenvalue weighted by Gasteiger charge is -2.21. The molecule has 0 radical (unpaired) electrons. The highest BCUT2D eigenvalue weighted by Gasteiger charge is 2.13. The molecule has 0 unspecified atom stereocenters. The molecule has 1 amide bonds. The van der Waals surface area contributed by atoms with Gasteiger partial charge in [0.05, 0.1) is 6.26 Å². The van der Waals surface area contributed by atoms with Crippen molar-refractivity contribution in [2.75, 3.05) is 60.2 Å². The second-order valence-corrected chi connectivity index (χ2v) is 7.12. The van der Waals surface area contributed by atoms with Crippen LogP contribution in [-0.4, -0.2) is 76.9 Å². The van der Waals surface area contributed by atoms with Crippen LogP contribution in [0, 0.1) is 5.92 Å². The van der Waals surface area contributed by atoms with Crippen molar-refractivity contribution < 1.29 is 18.7 Å². The van der Waals surface area contributed by atoms with Crippen LogP contribution < -0.4 is 10.6 Å². The van der Waals surface area contributed by atoms with Gasteiger partial charge in [0.25, 0.3) is 0 Å². The predicted molar refractivity (Wildman–Crippen MR) is 124 cm³/mol. The van der Waals surface area contributed by atoms with Gasteiger partial charge in [-0.3, -0.25) is 4.79 Å². The van der Waals surface area contributed by atoms with Gasteiger partial charge in [0, 0.05) is 60.0 Å². The van der Waals surface area contributed by atoms with Crippen LogP contribution in [0.1, 0.15) is 25.0 Å². The van der Waals surface area contributed by atoms with Crippen molar-refractivity contribution in [1.29, 1.82) is 0 Å². The van der Waals surface area contributed by atoms with Gasteiger partial charge < -0.3 is 29.4 Å². The molecule has 1 fully saturated rings. The summed E-state index contributed by atoms with van der Waals surface area (Å²) in [4.78, 5) is 17.7. The molecule has 0 atom stereocenters. The average molecular weight is 522 g/mol. The highest BCUT2D eigenvalue weighted by Crippen LogP contribution is 2.14. The molecule has 1 aromatic rings. The lowest BCUT2D eigenvalue weighted by molar-refractivity contribution is -0.127. The van der Waals surface area contributed by atoms with Crippen LogP contribution in [0.3, 0.4) is 0 Å². The molecule has 166 valence electrons. The average Bonchev–Trinajstić information content (AvgIpc) is 3.22. The van der Waals surface area contributed by atoms with Crippen molar-refractivity contribution in [1.82, 2.24) is 15.5 Å². The molecular formula is C20H35IN4O4. The lowest BCUT2D eigenvalue weighted by Crippen LogP contribution is -2.40. The maximum absolute atomic E-state index is 11.8. The fraction of sp³-hybridized carbons (Fsp3) is 0.700. The number of carbonyl (C=O) groups is 1. The Morgan fingerprint density at radius 1 is 1.28 bits per heavy atom. The third-order valence-electron chi connectivity index (χ3n) is 4.57. The van der Waals surface area contributed by atoms with Crippen LogP contribution in [0.2, 0.25) is 0 Å². The molecule has 1 aliphatic heterocycles. The Bertz CT molecular complexity index is 575. The fourth-order valence-electron chi connectivity index (χ4n) is 2.77. The van der Waals surface area contributed by atoms with Crippen LogP contribution in [0.5, 0.6) is 0 Å². The molecule has 1 aromatic heterocycles. The summed E-state index contributed by atoms with van der Waals surface area (Å²) in [6.07, 6.45) is 5.48. The van der Waals surface area contributed by atoms with E-state index in [9.17, 15) is 4.79 Å². The number of hydrogen-bond acceptors (Lipinski definition) is 5. The van der Waals surface area contributed by atoms with Crippen molar-refractivity contribution in [2.45, 2.75) is 25.7 Å². The third kappa shape index (κ3) is 11.4. The molecule has 0 aliphatic carbocycles. The second-order valence-electron chi connectivity index (χ2n) is 7.12. The van der Waals surface area contributed by atoms with Crippen molar-refractivity contribution in [3.63, 3.8) is 0 Å². The quantitative estimate of drug-likeness (QED) is 0.200. The Kier molecular flexibility index (Phi) is 13.7. The molecular weight excluding hydrogens is 487 g/mol. The SMILES string of the molecule is CN(C)C(=O)CN=C(NCCCOCC1CCOCC1)NCCc1ccco1.I. The first-order valence-electron chi connectivity index (χ1n) is 10.1. The summed E-state index contributed by atoms with van der Waals surface area (Å²) in [6, 6.07) is 3.82. The lowest BCUT2D eigenvalue weighted by atomic mass is 10.0. The predicted octanol–water partition coefficient (Wildman–Crippen LogP) is 1.90. The number of hydrogen-bond donors (Lipinski definition) is 2. The van der Waals surface area contributed by atoms with Crippen LogP contribution in [-0.2, 0) is 20.7 Å². The third-order valence-corrected chi connectivity index (χ3v) is 4.57. The number of rotatable bonds is 11. The molecule has 29 heavy (non-hydrogen) atoms. The standard InChI is InChI=1S/C20H34N4O4.HI/c1-24(2)19(25)15-23-20(22-10-6-18-5-3-12-28-18)21-9-4-11-27-16-17-7-13-26-14-8-17;/h3,5,12,17H,4,6-11,13-16H2,1-2H3,(H2,21,22,23);1H. The number of furan rings is 1.